The van der Waals surface area contributed by atoms with Gasteiger partial charge < -0.3 is 29.7 Å². The van der Waals surface area contributed by atoms with Crippen molar-refractivity contribution in [3.63, 3.8) is 0 Å². The van der Waals surface area contributed by atoms with Gasteiger partial charge in [0.2, 0.25) is 10.0 Å². The molecule has 3 heterocycles. The molecule has 2 unspecified atom stereocenters. The number of nitrogens with one attached hydrogen (secondary N) is 1. The first-order chi connectivity index (χ1) is 21.9. The van der Waals surface area contributed by atoms with E-state index in [0.29, 0.717) is 25.0 Å². The van der Waals surface area contributed by atoms with Crippen molar-refractivity contribution in [2.75, 3.05) is 31.6 Å². The van der Waals surface area contributed by atoms with Crippen LogP contribution in [-0.4, -0.2) is 90.8 Å². The van der Waals surface area contributed by atoms with Gasteiger partial charge in [-0.2, -0.15) is 4.31 Å². The van der Waals surface area contributed by atoms with Gasteiger partial charge in [0.1, 0.15) is 6.10 Å². The molecule has 6 atom stereocenters. The minimum Gasteiger partial charge on any atom is -0.462 e. The molecule has 46 heavy (non-hydrogen) atoms. The minimum atomic E-state index is -4.01. The molecule has 252 valence electrons. The number of nitrogens with zero attached hydrogens (tertiary/aromatic N) is 2. The van der Waals surface area contributed by atoms with E-state index in [2.05, 4.69) is 10.3 Å². The average Bonchev–Trinajstić information content (AvgIpc) is 3.58. The molecular formula is C33H45N3O8S2. The van der Waals surface area contributed by atoms with Gasteiger partial charge in [0.05, 0.1) is 52.9 Å². The molecule has 2 fully saturated rings. The Balaban J connectivity index is 1.35. The molecule has 0 spiro atoms. The number of aliphatic hydroxyl groups excluding tert-OH is 2. The maximum Gasteiger partial charge on any atom is 0.306 e. The molecule has 0 saturated carbocycles. The molecule has 0 amide bonds. The normalized spacial score (nSPS) is 23.2. The average molecular weight is 676 g/mol. The number of hydrogen-bond acceptors (Lipinski definition) is 11. The molecule has 5 rings (SSSR count). The number of anilines is 1. The predicted octanol–water partition coefficient (Wildman–Crippen LogP) is 4.04. The highest BCUT2D eigenvalue weighted by molar-refractivity contribution is 7.89. The summed E-state index contributed by atoms with van der Waals surface area (Å²) in [4.78, 5) is 18.0. The molecule has 1 aromatic heterocycles. The molecule has 0 aliphatic carbocycles. The van der Waals surface area contributed by atoms with Crippen molar-refractivity contribution in [1.82, 2.24) is 9.29 Å². The number of carbonyl (C=O) groups excluding carboxylic acids is 1. The summed E-state index contributed by atoms with van der Waals surface area (Å²) < 4.78 is 47.1. The number of fused-ring (bicyclic) bond motifs is 2. The Kier molecular flexibility index (Phi) is 11.4. The van der Waals surface area contributed by atoms with E-state index in [4.69, 9.17) is 14.2 Å². The number of esters is 1. The van der Waals surface area contributed by atoms with E-state index in [1.54, 1.807) is 18.2 Å². The molecule has 2 saturated heterocycles. The Labute approximate surface area is 274 Å². The number of carbonyl (C=O) groups is 1. The van der Waals surface area contributed by atoms with Gasteiger partial charge in [0.25, 0.3) is 0 Å². The summed E-state index contributed by atoms with van der Waals surface area (Å²) in [6.45, 7) is 8.32. The summed E-state index contributed by atoms with van der Waals surface area (Å²) in [6.07, 6.45) is -2.52. The van der Waals surface area contributed by atoms with E-state index in [1.807, 2.05) is 58.0 Å². The maximum absolute atomic E-state index is 14.1. The Hall–Kier alpha value is -2.65. The van der Waals surface area contributed by atoms with Gasteiger partial charge in [-0.05, 0) is 49.9 Å². The van der Waals surface area contributed by atoms with Crippen LogP contribution in [0.2, 0.25) is 0 Å². The van der Waals surface area contributed by atoms with E-state index < -0.39 is 52.4 Å². The van der Waals surface area contributed by atoms with Crippen molar-refractivity contribution in [2.24, 2.45) is 17.8 Å². The third kappa shape index (κ3) is 8.43. The number of rotatable bonds is 14. The molecule has 11 nitrogen and oxygen atoms in total. The van der Waals surface area contributed by atoms with Crippen LogP contribution in [-0.2, 0) is 35.4 Å². The van der Waals surface area contributed by atoms with Crippen LogP contribution >= 0.6 is 11.3 Å². The van der Waals surface area contributed by atoms with Crippen molar-refractivity contribution in [2.45, 2.75) is 82.5 Å². The minimum absolute atomic E-state index is 0.0185. The number of hydrogen-bond donors (Lipinski definition) is 3. The number of sulfonamides is 1. The SMILES string of the molecule is CC(C)CN(C[C@@H](O)[C@@H](CC(=O)O[C@H]1CCO[C@H]2OCC(O)C21)Cc1ccccc1)S(=O)(=O)c1ccc2nc(NC(C)C)sc2c1. The molecule has 0 bridgehead atoms. The largest absolute Gasteiger partial charge is 0.462 e. The zero-order chi connectivity index (χ0) is 33.0. The molecule has 2 aliphatic rings. The maximum atomic E-state index is 14.1. The Morgan fingerprint density at radius 1 is 1.13 bits per heavy atom. The van der Waals surface area contributed by atoms with Crippen LogP contribution in [0.3, 0.4) is 0 Å². The third-order valence-electron chi connectivity index (χ3n) is 8.27. The van der Waals surface area contributed by atoms with Gasteiger partial charge in [0, 0.05) is 31.5 Å². The summed E-state index contributed by atoms with van der Waals surface area (Å²) >= 11 is 1.39. The molecule has 3 N–H and O–H groups in total. The number of aliphatic hydroxyl groups is 2. The van der Waals surface area contributed by atoms with Crippen molar-refractivity contribution < 1.29 is 37.6 Å². The van der Waals surface area contributed by atoms with Gasteiger partial charge in [-0.15, -0.1) is 0 Å². The first-order valence-electron chi connectivity index (χ1n) is 15.9. The summed E-state index contributed by atoms with van der Waals surface area (Å²) in [6, 6.07) is 14.6. The van der Waals surface area contributed by atoms with E-state index >= 15 is 0 Å². The molecule has 2 aromatic carbocycles. The second kappa shape index (κ2) is 15.1. The smallest absolute Gasteiger partial charge is 0.306 e. The van der Waals surface area contributed by atoms with E-state index in [0.717, 1.165) is 15.4 Å². The second-order valence-electron chi connectivity index (χ2n) is 12.9. The summed E-state index contributed by atoms with van der Waals surface area (Å²) in [7, 11) is -4.01. The fourth-order valence-corrected chi connectivity index (χ4v) is 8.83. The highest BCUT2D eigenvalue weighted by Crippen LogP contribution is 2.34. The van der Waals surface area contributed by atoms with Crippen molar-refractivity contribution in [3.8, 4) is 0 Å². The monoisotopic (exact) mass is 675 g/mol. The highest BCUT2D eigenvalue weighted by Gasteiger charge is 2.47. The van der Waals surface area contributed by atoms with Gasteiger partial charge in [-0.3, -0.25) is 4.79 Å². The molecule has 2 aliphatic heterocycles. The van der Waals surface area contributed by atoms with Crippen LogP contribution in [0.5, 0.6) is 0 Å². The van der Waals surface area contributed by atoms with Crippen LogP contribution in [0.25, 0.3) is 10.2 Å². The van der Waals surface area contributed by atoms with Crippen LogP contribution in [0.4, 0.5) is 5.13 Å². The van der Waals surface area contributed by atoms with E-state index in [-0.39, 0.29) is 43.0 Å². The quantitative estimate of drug-likeness (QED) is 0.214. The van der Waals surface area contributed by atoms with Crippen LogP contribution in [0.15, 0.2) is 53.4 Å². The van der Waals surface area contributed by atoms with Crippen LogP contribution in [0, 0.1) is 17.8 Å². The lowest BCUT2D eigenvalue weighted by molar-refractivity contribution is -0.199. The highest BCUT2D eigenvalue weighted by atomic mass is 32.2. The lowest BCUT2D eigenvalue weighted by Crippen LogP contribution is -2.45. The van der Waals surface area contributed by atoms with Crippen molar-refractivity contribution in [1.29, 1.82) is 0 Å². The van der Waals surface area contributed by atoms with E-state index in [1.165, 1.54) is 15.6 Å². The van der Waals surface area contributed by atoms with Gasteiger partial charge in [-0.1, -0.05) is 55.5 Å². The zero-order valence-electron chi connectivity index (χ0n) is 26.7. The molecule has 0 radical (unpaired) electrons. The lowest BCUT2D eigenvalue weighted by Gasteiger charge is -2.34. The zero-order valence-corrected chi connectivity index (χ0v) is 28.4. The standard InChI is InChI=1S/C33H45N3O8S2/c1-20(2)17-36(46(40,41)24-10-11-25-29(16-24)45-33(35-25)34-21(3)4)18-26(37)23(14-22-8-6-5-7-9-22)15-30(39)44-28-12-13-42-32-31(28)27(38)19-43-32/h5-11,16,20-21,23,26-28,31-32,37-38H,12-15,17-19H2,1-4H3,(H,34,35)/t23-,26-,27?,28+,31?,32+/m1/s1. The molecule has 13 heteroatoms. The molecule has 3 aromatic rings. The first-order valence-corrected chi connectivity index (χ1v) is 18.2. The van der Waals surface area contributed by atoms with Crippen LogP contribution in [0.1, 0.15) is 46.1 Å². The fourth-order valence-electron chi connectivity index (χ4n) is 6.06. The van der Waals surface area contributed by atoms with Gasteiger partial charge in [-0.25, -0.2) is 13.4 Å². The lowest BCUT2D eigenvalue weighted by atomic mass is 9.90. The molecular weight excluding hydrogens is 631 g/mol. The van der Waals surface area contributed by atoms with Crippen molar-refractivity contribution >= 4 is 42.7 Å². The van der Waals surface area contributed by atoms with Gasteiger partial charge in [0.15, 0.2) is 11.4 Å². The van der Waals surface area contributed by atoms with Crippen LogP contribution < -0.4 is 5.32 Å². The Bertz CT molecular complexity index is 1560. The third-order valence-corrected chi connectivity index (χ3v) is 11.0. The number of aromatic nitrogens is 1. The Morgan fingerprint density at radius 2 is 1.89 bits per heavy atom. The number of benzene rings is 2. The topological polar surface area (TPSA) is 148 Å². The van der Waals surface area contributed by atoms with E-state index in [9.17, 15) is 23.4 Å². The summed E-state index contributed by atoms with van der Waals surface area (Å²) in [5.74, 6) is -1.65. The predicted molar refractivity (Wildman–Crippen MR) is 176 cm³/mol. The Morgan fingerprint density at radius 3 is 2.61 bits per heavy atom. The number of ether oxygens (including phenoxy) is 3. The summed E-state index contributed by atoms with van der Waals surface area (Å²) in [5.41, 5.74) is 1.61. The van der Waals surface area contributed by atoms with Crippen molar-refractivity contribution in [3.05, 3.63) is 54.1 Å². The van der Waals surface area contributed by atoms with Gasteiger partial charge >= 0.3 is 5.97 Å². The first kappa shape index (κ1) is 34.7. The number of thiazole rings is 1. The fraction of sp³-hybridized carbons (Fsp3) is 0.576. The second-order valence-corrected chi connectivity index (χ2v) is 15.9. The summed E-state index contributed by atoms with van der Waals surface area (Å²) in [5, 5.41) is 26.0.